The molecule has 8 heteroatoms. The molecular weight excluding hydrogens is 312 g/mol. The molecule has 128 valence electrons. The Hall–Kier alpha value is -2.19. The molecule has 0 atom stereocenters. The highest BCUT2D eigenvalue weighted by Gasteiger charge is 2.39. The Balaban J connectivity index is 1.36. The number of aromatic nitrogens is 1. The van der Waals surface area contributed by atoms with Gasteiger partial charge in [0.05, 0.1) is 37.3 Å². The van der Waals surface area contributed by atoms with Gasteiger partial charge in [0, 0.05) is 25.2 Å². The predicted molar refractivity (Wildman–Crippen MR) is 84.7 cm³/mol. The topological polar surface area (TPSA) is 92.8 Å². The fourth-order valence-electron chi connectivity index (χ4n) is 3.40. The molecule has 1 spiro atoms. The number of hydrogen-bond acceptors (Lipinski definition) is 5. The second-order valence-corrected chi connectivity index (χ2v) is 6.42. The SMILES string of the molecule is O=C1NCc2cc(NC(=O)N3CCC4(CC3)COCCO4)cnc21. The van der Waals surface area contributed by atoms with Gasteiger partial charge in [-0.1, -0.05) is 0 Å². The van der Waals surface area contributed by atoms with Gasteiger partial charge < -0.3 is 25.0 Å². The summed E-state index contributed by atoms with van der Waals surface area (Å²) < 4.78 is 11.4. The van der Waals surface area contributed by atoms with Crippen LogP contribution in [0.15, 0.2) is 12.3 Å². The third-order valence-electron chi connectivity index (χ3n) is 4.84. The molecule has 0 aliphatic carbocycles. The van der Waals surface area contributed by atoms with Crippen molar-refractivity contribution in [1.29, 1.82) is 0 Å². The first-order valence-electron chi connectivity index (χ1n) is 8.20. The van der Waals surface area contributed by atoms with Crippen LogP contribution in [-0.4, -0.2) is 60.3 Å². The minimum absolute atomic E-state index is 0.152. The highest BCUT2D eigenvalue weighted by Crippen LogP contribution is 2.29. The number of piperidine rings is 1. The van der Waals surface area contributed by atoms with E-state index in [1.807, 2.05) is 0 Å². The fraction of sp³-hybridized carbons (Fsp3) is 0.562. The van der Waals surface area contributed by atoms with E-state index < -0.39 is 0 Å². The van der Waals surface area contributed by atoms with Gasteiger partial charge in [0.15, 0.2) is 0 Å². The molecule has 2 saturated heterocycles. The summed E-state index contributed by atoms with van der Waals surface area (Å²) in [4.78, 5) is 29.8. The lowest BCUT2D eigenvalue weighted by Gasteiger charge is -2.43. The summed E-state index contributed by atoms with van der Waals surface area (Å²) in [6.45, 7) is 3.60. The number of fused-ring (bicyclic) bond motifs is 1. The van der Waals surface area contributed by atoms with E-state index >= 15 is 0 Å². The number of nitrogens with one attached hydrogen (secondary N) is 2. The molecule has 0 bridgehead atoms. The smallest absolute Gasteiger partial charge is 0.321 e. The molecule has 24 heavy (non-hydrogen) atoms. The molecule has 4 heterocycles. The zero-order chi connectivity index (χ0) is 16.6. The first-order valence-corrected chi connectivity index (χ1v) is 8.20. The molecule has 0 unspecified atom stereocenters. The predicted octanol–water partition coefficient (Wildman–Crippen LogP) is 0.738. The number of ether oxygens (including phenoxy) is 2. The Kier molecular flexibility index (Phi) is 3.85. The molecule has 4 rings (SSSR count). The summed E-state index contributed by atoms with van der Waals surface area (Å²) in [6, 6.07) is 1.64. The second-order valence-electron chi connectivity index (χ2n) is 6.42. The van der Waals surface area contributed by atoms with Crippen LogP contribution in [0.2, 0.25) is 0 Å². The third kappa shape index (κ3) is 2.83. The molecule has 3 amide bonds. The Morgan fingerprint density at radius 1 is 1.33 bits per heavy atom. The Labute approximate surface area is 139 Å². The maximum absolute atomic E-state index is 12.4. The van der Waals surface area contributed by atoms with E-state index in [0.29, 0.717) is 50.8 Å². The minimum Gasteiger partial charge on any atom is -0.376 e. The number of amides is 3. The van der Waals surface area contributed by atoms with Crippen molar-refractivity contribution in [3.63, 3.8) is 0 Å². The number of rotatable bonds is 1. The Morgan fingerprint density at radius 3 is 2.92 bits per heavy atom. The Bertz CT molecular complexity index is 662. The van der Waals surface area contributed by atoms with E-state index in [2.05, 4.69) is 15.6 Å². The molecule has 1 aromatic rings. The third-order valence-corrected chi connectivity index (χ3v) is 4.84. The van der Waals surface area contributed by atoms with Crippen molar-refractivity contribution in [2.45, 2.75) is 25.0 Å². The zero-order valence-electron chi connectivity index (χ0n) is 13.3. The first-order chi connectivity index (χ1) is 11.7. The van der Waals surface area contributed by atoms with Crippen LogP contribution in [0.25, 0.3) is 0 Å². The lowest BCUT2D eigenvalue weighted by atomic mass is 9.91. The summed E-state index contributed by atoms with van der Waals surface area (Å²) in [5.74, 6) is -0.168. The van der Waals surface area contributed by atoms with Crippen molar-refractivity contribution < 1.29 is 19.1 Å². The summed E-state index contributed by atoms with van der Waals surface area (Å²) in [5, 5.41) is 5.57. The lowest BCUT2D eigenvalue weighted by molar-refractivity contribution is -0.173. The van der Waals surface area contributed by atoms with Gasteiger partial charge in [-0.3, -0.25) is 4.79 Å². The highest BCUT2D eigenvalue weighted by molar-refractivity contribution is 5.97. The van der Waals surface area contributed by atoms with Crippen LogP contribution in [0.4, 0.5) is 10.5 Å². The normalized spacial score (nSPS) is 22.2. The molecule has 0 radical (unpaired) electrons. The first kappa shape index (κ1) is 15.3. The van der Waals surface area contributed by atoms with Crippen LogP contribution < -0.4 is 10.6 Å². The average Bonchev–Trinajstić information content (AvgIpc) is 2.97. The molecule has 0 aromatic carbocycles. The Morgan fingerprint density at radius 2 is 2.17 bits per heavy atom. The van der Waals surface area contributed by atoms with Gasteiger partial charge in [0.2, 0.25) is 0 Å². The van der Waals surface area contributed by atoms with Crippen molar-refractivity contribution in [2.75, 3.05) is 38.2 Å². The zero-order valence-corrected chi connectivity index (χ0v) is 13.3. The molecule has 8 nitrogen and oxygen atoms in total. The van der Waals surface area contributed by atoms with Gasteiger partial charge in [-0.25, -0.2) is 9.78 Å². The molecule has 2 N–H and O–H groups in total. The summed E-state index contributed by atoms with van der Waals surface area (Å²) in [7, 11) is 0. The van der Waals surface area contributed by atoms with Gasteiger partial charge >= 0.3 is 6.03 Å². The van der Waals surface area contributed by atoms with Crippen molar-refractivity contribution >= 4 is 17.6 Å². The van der Waals surface area contributed by atoms with Crippen molar-refractivity contribution in [3.8, 4) is 0 Å². The molecule has 0 saturated carbocycles. The van der Waals surface area contributed by atoms with E-state index in [9.17, 15) is 9.59 Å². The van der Waals surface area contributed by atoms with Gasteiger partial charge in [-0.2, -0.15) is 0 Å². The minimum atomic E-state index is -0.226. The van der Waals surface area contributed by atoms with Gasteiger partial charge in [-0.15, -0.1) is 0 Å². The molecule has 1 aromatic heterocycles. The number of urea groups is 1. The molecule has 3 aliphatic heterocycles. The van der Waals surface area contributed by atoms with Gasteiger partial charge in [0.25, 0.3) is 5.91 Å². The average molecular weight is 332 g/mol. The number of carbonyl (C=O) groups excluding carboxylic acids is 2. The van der Waals surface area contributed by atoms with Gasteiger partial charge in [-0.05, 0) is 18.9 Å². The lowest BCUT2D eigenvalue weighted by Crippen LogP contribution is -2.53. The van der Waals surface area contributed by atoms with E-state index in [0.717, 1.165) is 18.4 Å². The second kappa shape index (κ2) is 6.03. The summed E-state index contributed by atoms with van der Waals surface area (Å²) in [5.41, 5.74) is 1.62. The molecule has 2 fully saturated rings. The van der Waals surface area contributed by atoms with E-state index in [1.54, 1.807) is 11.0 Å². The largest absolute Gasteiger partial charge is 0.376 e. The maximum atomic E-state index is 12.4. The number of nitrogens with zero attached hydrogens (tertiary/aromatic N) is 2. The van der Waals surface area contributed by atoms with E-state index in [-0.39, 0.29) is 17.5 Å². The number of carbonyl (C=O) groups is 2. The van der Waals surface area contributed by atoms with Gasteiger partial charge in [0.1, 0.15) is 5.69 Å². The quantitative estimate of drug-likeness (QED) is 0.791. The number of hydrogen-bond donors (Lipinski definition) is 2. The summed E-state index contributed by atoms with van der Waals surface area (Å²) >= 11 is 0. The molecular formula is C16H20N4O4. The van der Waals surface area contributed by atoms with Crippen molar-refractivity contribution in [2.24, 2.45) is 0 Å². The monoisotopic (exact) mass is 332 g/mol. The highest BCUT2D eigenvalue weighted by atomic mass is 16.6. The van der Waals surface area contributed by atoms with Crippen LogP contribution in [0.1, 0.15) is 28.9 Å². The van der Waals surface area contributed by atoms with Crippen LogP contribution in [-0.2, 0) is 16.0 Å². The molecule has 3 aliphatic rings. The number of pyridine rings is 1. The number of anilines is 1. The standard InChI is InChI=1S/C16H20N4O4/c21-14-13-11(8-18-14)7-12(9-17-13)19-15(22)20-3-1-16(2-4-20)10-23-5-6-24-16/h7,9H,1-6,8,10H2,(H,18,21)(H,19,22). The van der Waals surface area contributed by atoms with Crippen LogP contribution >= 0.6 is 0 Å². The van der Waals surface area contributed by atoms with Crippen LogP contribution in [0.5, 0.6) is 0 Å². The fourth-order valence-corrected chi connectivity index (χ4v) is 3.40. The van der Waals surface area contributed by atoms with E-state index in [1.165, 1.54) is 6.20 Å². The van der Waals surface area contributed by atoms with Crippen molar-refractivity contribution in [3.05, 3.63) is 23.5 Å². The number of likely N-dealkylation sites (tertiary alicyclic amines) is 1. The maximum Gasteiger partial charge on any atom is 0.321 e. The summed E-state index contributed by atoms with van der Waals surface area (Å²) in [6.07, 6.45) is 3.08. The van der Waals surface area contributed by atoms with Crippen LogP contribution in [0, 0.1) is 0 Å². The van der Waals surface area contributed by atoms with E-state index in [4.69, 9.17) is 9.47 Å². The van der Waals surface area contributed by atoms with Crippen molar-refractivity contribution in [1.82, 2.24) is 15.2 Å². The van der Waals surface area contributed by atoms with Crippen LogP contribution in [0.3, 0.4) is 0 Å².